The molecule has 0 atom stereocenters. The van der Waals surface area contributed by atoms with Crippen LogP contribution in [0, 0.1) is 0 Å². The Labute approximate surface area is 156 Å². The topological polar surface area (TPSA) is 111 Å². The van der Waals surface area contributed by atoms with Gasteiger partial charge in [-0.2, -0.15) is 0 Å². The van der Waals surface area contributed by atoms with Gasteiger partial charge in [0, 0.05) is 27.2 Å². The van der Waals surface area contributed by atoms with E-state index in [1.165, 1.54) is 21.4 Å². The van der Waals surface area contributed by atoms with Gasteiger partial charge in [0.25, 0.3) is 5.56 Å². The smallest absolute Gasteiger partial charge is 0.332 e. The maximum Gasteiger partial charge on any atom is 0.332 e. The first kappa shape index (κ1) is 19.7. The van der Waals surface area contributed by atoms with Crippen LogP contribution >= 0.6 is 0 Å². The van der Waals surface area contributed by atoms with E-state index in [-0.39, 0.29) is 24.5 Å². The minimum atomic E-state index is -0.389. The maximum absolute atomic E-state index is 12.7. The summed E-state index contributed by atoms with van der Waals surface area (Å²) < 4.78 is 4.38. The van der Waals surface area contributed by atoms with Crippen molar-refractivity contribution < 1.29 is 20.0 Å². The summed E-state index contributed by atoms with van der Waals surface area (Å²) in [5.74, 6) is 0.775. The first-order chi connectivity index (χ1) is 13.0. The molecule has 1 saturated heterocycles. The summed E-state index contributed by atoms with van der Waals surface area (Å²) in [6, 6.07) is 0. The number of aliphatic hydroxyl groups excluding tert-OH is 2. The van der Waals surface area contributed by atoms with Crippen molar-refractivity contribution in [3.05, 3.63) is 26.7 Å². The Hall–Kier alpha value is -2.01. The first-order valence-electron chi connectivity index (χ1n) is 9.52. The van der Waals surface area contributed by atoms with Gasteiger partial charge < -0.3 is 24.6 Å². The molecule has 10 heteroatoms. The highest BCUT2D eigenvalue weighted by atomic mass is 16.3. The van der Waals surface area contributed by atoms with Crippen molar-refractivity contribution in [2.24, 2.45) is 14.1 Å². The van der Waals surface area contributed by atoms with Gasteiger partial charge in [0.15, 0.2) is 17.0 Å². The normalized spacial score (nSPS) is 20.4. The molecule has 2 aromatic rings. The fraction of sp³-hybridized carbons (Fsp3) is 0.706. The Kier molecular flexibility index (Phi) is 6.10. The Balaban J connectivity index is 1.95. The Morgan fingerprint density at radius 1 is 1.00 bits per heavy atom. The Morgan fingerprint density at radius 3 is 2.30 bits per heavy atom. The van der Waals surface area contributed by atoms with Crippen LogP contribution in [0.2, 0.25) is 0 Å². The molecule has 3 rings (SSSR count). The van der Waals surface area contributed by atoms with Crippen molar-refractivity contribution in [2.75, 3.05) is 45.9 Å². The zero-order valence-corrected chi connectivity index (χ0v) is 16.1. The number of imidazole rings is 1. The van der Waals surface area contributed by atoms with Crippen LogP contribution in [0.3, 0.4) is 0 Å². The monoisotopic (exact) mass is 382 g/mol. The number of nitrogens with one attached hydrogen (secondary N) is 2. The summed E-state index contributed by atoms with van der Waals surface area (Å²) >= 11 is 0. The molecule has 2 aromatic heterocycles. The third-order valence-electron chi connectivity index (χ3n) is 5.50. The molecular weight excluding hydrogens is 352 g/mol. The molecule has 1 aliphatic rings. The number of aliphatic hydroxyl groups is 2. The average molecular weight is 382 g/mol. The van der Waals surface area contributed by atoms with Gasteiger partial charge in [-0.05, 0) is 6.42 Å². The standard InChI is InChI=1S/C17H28N6O4/c1-19-15-14(16(26)20(2)17(19)27)23(4-3-10-24)13(18-15)12-22-7-5-21(6-8-22)9-11-25/h24-25H,3-12H2,1-2H3/p+2. The predicted molar refractivity (Wildman–Crippen MR) is 99.0 cm³/mol. The van der Waals surface area contributed by atoms with Gasteiger partial charge >= 0.3 is 5.69 Å². The second kappa shape index (κ2) is 8.34. The Morgan fingerprint density at radius 2 is 1.67 bits per heavy atom. The molecule has 0 bridgehead atoms. The quantitative estimate of drug-likeness (QED) is 0.384. The molecule has 0 spiro atoms. The van der Waals surface area contributed by atoms with E-state index >= 15 is 0 Å². The van der Waals surface area contributed by atoms with Gasteiger partial charge in [0.2, 0.25) is 0 Å². The number of piperazine rings is 1. The highest BCUT2D eigenvalue weighted by Crippen LogP contribution is 2.11. The zero-order valence-electron chi connectivity index (χ0n) is 16.1. The molecule has 27 heavy (non-hydrogen) atoms. The van der Waals surface area contributed by atoms with Crippen molar-refractivity contribution in [1.82, 2.24) is 18.7 Å². The van der Waals surface area contributed by atoms with Crippen LogP contribution in [-0.4, -0.2) is 74.8 Å². The molecule has 0 saturated carbocycles. The van der Waals surface area contributed by atoms with Crippen LogP contribution < -0.4 is 21.0 Å². The van der Waals surface area contributed by atoms with Crippen LogP contribution in [0.15, 0.2) is 9.59 Å². The number of rotatable bonds is 7. The molecular formula is C17H30N6O4+2. The van der Waals surface area contributed by atoms with E-state index in [0.717, 1.165) is 43.1 Å². The second-order valence-corrected chi connectivity index (χ2v) is 7.29. The van der Waals surface area contributed by atoms with Crippen molar-refractivity contribution in [1.29, 1.82) is 0 Å². The van der Waals surface area contributed by atoms with Crippen molar-refractivity contribution >= 4 is 11.2 Å². The fourth-order valence-corrected chi connectivity index (χ4v) is 3.86. The minimum Gasteiger partial charge on any atom is -0.396 e. The molecule has 10 nitrogen and oxygen atoms in total. The van der Waals surface area contributed by atoms with Gasteiger partial charge in [-0.3, -0.25) is 13.9 Å². The van der Waals surface area contributed by atoms with E-state index < -0.39 is 0 Å². The van der Waals surface area contributed by atoms with Crippen molar-refractivity contribution in [2.45, 2.75) is 19.5 Å². The molecule has 0 amide bonds. The summed E-state index contributed by atoms with van der Waals surface area (Å²) in [5, 5.41) is 18.3. The number of nitrogens with zero attached hydrogens (tertiary/aromatic N) is 4. The van der Waals surface area contributed by atoms with Gasteiger partial charge in [0.1, 0.15) is 39.3 Å². The van der Waals surface area contributed by atoms with Crippen LogP contribution in [0.1, 0.15) is 12.2 Å². The summed E-state index contributed by atoms with van der Waals surface area (Å²) in [4.78, 5) is 32.4. The van der Waals surface area contributed by atoms with Crippen molar-refractivity contribution in [3.8, 4) is 0 Å². The number of quaternary nitrogens is 2. The SMILES string of the molecule is Cn1c(=O)c2c(nc(C[NH+]3CC[NH+](CCO)CC3)n2CCCO)n(C)c1=O. The zero-order chi connectivity index (χ0) is 19.6. The highest BCUT2D eigenvalue weighted by molar-refractivity contribution is 5.71. The molecule has 150 valence electrons. The van der Waals surface area contributed by atoms with Crippen LogP contribution in [0.5, 0.6) is 0 Å². The van der Waals surface area contributed by atoms with E-state index in [4.69, 9.17) is 5.11 Å². The molecule has 0 aliphatic carbocycles. The van der Waals surface area contributed by atoms with Gasteiger partial charge in [-0.25, -0.2) is 9.78 Å². The van der Waals surface area contributed by atoms with Crippen LogP contribution in [0.25, 0.3) is 11.2 Å². The molecule has 0 unspecified atom stereocenters. The van der Waals surface area contributed by atoms with E-state index in [1.807, 2.05) is 4.57 Å². The summed E-state index contributed by atoms with van der Waals surface area (Å²) in [7, 11) is 3.10. The van der Waals surface area contributed by atoms with Crippen molar-refractivity contribution in [3.63, 3.8) is 0 Å². The number of aryl methyl sites for hydroxylation is 2. The highest BCUT2D eigenvalue weighted by Gasteiger charge is 2.26. The lowest BCUT2D eigenvalue weighted by molar-refractivity contribution is -1.02. The van der Waals surface area contributed by atoms with E-state index in [9.17, 15) is 14.7 Å². The van der Waals surface area contributed by atoms with Gasteiger partial charge in [-0.15, -0.1) is 0 Å². The second-order valence-electron chi connectivity index (χ2n) is 7.29. The largest absolute Gasteiger partial charge is 0.396 e. The third kappa shape index (κ3) is 3.84. The molecule has 0 radical (unpaired) electrons. The molecule has 1 aliphatic heterocycles. The fourth-order valence-electron chi connectivity index (χ4n) is 3.86. The minimum absolute atomic E-state index is 0.0290. The molecule has 4 N–H and O–H groups in total. The third-order valence-corrected chi connectivity index (χ3v) is 5.50. The number of aromatic nitrogens is 4. The lowest BCUT2D eigenvalue weighted by atomic mass is 10.3. The lowest BCUT2D eigenvalue weighted by Gasteiger charge is -2.29. The van der Waals surface area contributed by atoms with Crippen LogP contribution in [0.4, 0.5) is 0 Å². The molecule has 0 aromatic carbocycles. The van der Waals surface area contributed by atoms with Crippen LogP contribution in [-0.2, 0) is 27.2 Å². The van der Waals surface area contributed by atoms with Gasteiger partial charge in [-0.1, -0.05) is 0 Å². The lowest BCUT2D eigenvalue weighted by Crippen LogP contribution is -3.27. The molecule has 1 fully saturated rings. The van der Waals surface area contributed by atoms with E-state index in [2.05, 4.69) is 4.98 Å². The summed E-state index contributed by atoms with van der Waals surface area (Å²) in [5.41, 5.74) is 0.0865. The summed E-state index contributed by atoms with van der Waals surface area (Å²) in [6.07, 6.45) is 0.522. The number of fused-ring (bicyclic) bond motifs is 1. The number of hydrogen-bond donors (Lipinski definition) is 4. The first-order valence-corrected chi connectivity index (χ1v) is 9.52. The maximum atomic E-state index is 12.7. The van der Waals surface area contributed by atoms with E-state index in [1.54, 1.807) is 7.05 Å². The van der Waals surface area contributed by atoms with E-state index in [0.29, 0.717) is 30.7 Å². The predicted octanol–water partition coefficient (Wildman–Crippen LogP) is -4.91. The molecule has 3 heterocycles. The average Bonchev–Trinajstić information content (AvgIpc) is 3.03. The summed E-state index contributed by atoms with van der Waals surface area (Å²) in [6.45, 7) is 6.10. The van der Waals surface area contributed by atoms with Gasteiger partial charge in [0.05, 0.1) is 6.61 Å². The number of hydrogen-bond acceptors (Lipinski definition) is 5. The Bertz CT molecular complexity index is 907.